The highest BCUT2D eigenvalue weighted by molar-refractivity contribution is 5.69. The zero-order valence-electron chi connectivity index (χ0n) is 11.1. The monoisotopic (exact) mass is 240 g/mol. The third-order valence-corrected chi connectivity index (χ3v) is 4.05. The van der Waals surface area contributed by atoms with Crippen LogP contribution in [-0.4, -0.2) is 23.3 Å². The van der Waals surface area contributed by atoms with Gasteiger partial charge in [0.05, 0.1) is 5.54 Å². The number of rotatable bonds is 1. The number of nitrogens with one attached hydrogen (secondary N) is 1. The average Bonchev–Trinajstić information content (AvgIpc) is 2.38. The largest absolute Gasteiger partial charge is 0.444 e. The number of nitrogens with two attached hydrogens (primary N) is 1. The normalized spacial score (nSPS) is 36.7. The van der Waals surface area contributed by atoms with Crippen LogP contribution in [0.1, 0.15) is 52.9 Å². The maximum absolute atomic E-state index is 11.9. The summed E-state index contributed by atoms with van der Waals surface area (Å²) in [5.74, 6) is 0.582. The predicted molar refractivity (Wildman–Crippen MR) is 66.7 cm³/mol. The van der Waals surface area contributed by atoms with E-state index in [9.17, 15) is 4.79 Å². The molecule has 2 fully saturated rings. The van der Waals surface area contributed by atoms with E-state index in [-0.39, 0.29) is 17.7 Å². The summed E-state index contributed by atoms with van der Waals surface area (Å²) in [6.07, 6.45) is 5.17. The van der Waals surface area contributed by atoms with Gasteiger partial charge in [-0.2, -0.15) is 0 Å². The Bertz CT molecular complexity index is 307. The molecule has 0 aromatic carbocycles. The molecule has 98 valence electrons. The summed E-state index contributed by atoms with van der Waals surface area (Å²) in [7, 11) is 0. The molecule has 0 radical (unpaired) electrons. The molecular formula is C13H24N2O2. The molecule has 17 heavy (non-hydrogen) atoms. The van der Waals surface area contributed by atoms with Gasteiger partial charge in [0.15, 0.2) is 0 Å². The molecule has 3 atom stereocenters. The molecule has 4 heteroatoms. The van der Waals surface area contributed by atoms with Gasteiger partial charge in [-0.1, -0.05) is 6.42 Å². The zero-order chi connectivity index (χ0) is 12.7. The Morgan fingerprint density at radius 1 is 1.35 bits per heavy atom. The lowest BCUT2D eigenvalue weighted by molar-refractivity contribution is 0.0419. The Balaban J connectivity index is 2.00. The van der Waals surface area contributed by atoms with Crippen LogP contribution in [0.25, 0.3) is 0 Å². The van der Waals surface area contributed by atoms with Gasteiger partial charge in [0.25, 0.3) is 0 Å². The van der Waals surface area contributed by atoms with Crippen molar-refractivity contribution in [1.82, 2.24) is 5.32 Å². The second-order valence-corrected chi connectivity index (χ2v) is 6.50. The van der Waals surface area contributed by atoms with Gasteiger partial charge < -0.3 is 15.8 Å². The van der Waals surface area contributed by atoms with Gasteiger partial charge in [-0.25, -0.2) is 4.79 Å². The fourth-order valence-corrected chi connectivity index (χ4v) is 3.25. The highest BCUT2D eigenvalue weighted by Crippen LogP contribution is 2.44. The van der Waals surface area contributed by atoms with Crippen LogP contribution >= 0.6 is 0 Å². The van der Waals surface area contributed by atoms with Gasteiger partial charge in [0, 0.05) is 6.04 Å². The minimum Gasteiger partial charge on any atom is -0.444 e. The van der Waals surface area contributed by atoms with Crippen molar-refractivity contribution < 1.29 is 9.53 Å². The fourth-order valence-electron chi connectivity index (χ4n) is 3.25. The van der Waals surface area contributed by atoms with Crippen molar-refractivity contribution in [2.75, 3.05) is 0 Å². The molecule has 0 unspecified atom stereocenters. The fraction of sp³-hybridized carbons (Fsp3) is 0.923. The molecule has 0 heterocycles. The molecule has 0 aromatic heterocycles. The molecule has 0 aliphatic heterocycles. The van der Waals surface area contributed by atoms with E-state index in [0.717, 1.165) is 25.7 Å². The van der Waals surface area contributed by atoms with Crippen LogP contribution in [0.15, 0.2) is 0 Å². The topological polar surface area (TPSA) is 64.3 Å². The predicted octanol–water partition coefficient (Wildman–Crippen LogP) is 2.17. The molecule has 2 rings (SSSR count). The number of hydrogen-bond acceptors (Lipinski definition) is 3. The van der Waals surface area contributed by atoms with E-state index in [0.29, 0.717) is 5.92 Å². The van der Waals surface area contributed by atoms with Gasteiger partial charge >= 0.3 is 6.09 Å². The second kappa shape index (κ2) is 4.16. The van der Waals surface area contributed by atoms with Crippen molar-refractivity contribution in [3.63, 3.8) is 0 Å². The number of amides is 1. The van der Waals surface area contributed by atoms with Crippen LogP contribution in [-0.2, 0) is 4.74 Å². The Morgan fingerprint density at radius 3 is 2.71 bits per heavy atom. The van der Waals surface area contributed by atoms with E-state index in [1.54, 1.807) is 0 Å². The number of alkyl carbamates (subject to hydrolysis) is 1. The van der Waals surface area contributed by atoms with E-state index in [1.165, 1.54) is 6.42 Å². The van der Waals surface area contributed by atoms with E-state index in [1.807, 2.05) is 20.8 Å². The van der Waals surface area contributed by atoms with Gasteiger partial charge in [0.2, 0.25) is 0 Å². The molecule has 1 amide bonds. The highest BCUT2D eigenvalue weighted by atomic mass is 16.6. The number of hydrogen-bond donors (Lipinski definition) is 2. The van der Waals surface area contributed by atoms with Crippen molar-refractivity contribution in [3.8, 4) is 0 Å². The van der Waals surface area contributed by atoms with Crippen molar-refractivity contribution in [2.24, 2.45) is 11.7 Å². The summed E-state index contributed by atoms with van der Waals surface area (Å²) in [6, 6.07) is 0.101. The van der Waals surface area contributed by atoms with Crippen LogP contribution in [0.3, 0.4) is 0 Å². The van der Waals surface area contributed by atoms with Crippen LogP contribution in [0.4, 0.5) is 4.79 Å². The maximum atomic E-state index is 11.9. The molecule has 2 saturated carbocycles. The molecular weight excluding hydrogens is 216 g/mol. The standard InChI is InChI=1S/C13H24N2O2/c1-12(2,3)17-11(16)15-13-7-4-5-9(6-8-13)10(13)14/h9-10H,4-8,14H2,1-3H3,(H,15,16)/t9-,10+,13-/m0/s1. The van der Waals surface area contributed by atoms with Gasteiger partial charge in [0.1, 0.15) is 5.60 Å². The Hall–Kier alpha value is -0.770. The minimum absolute atomic E-state index is 0.101. The number of fused-ring (bicyclic) bond motifs is 2. The second-order valence-electron chi connectivity index (χ2n) is 6.50. The lowest BCUT2D eigenvalue weighted by atomic mass is 9.79. The third-order valence-electron chi connectivity index (χ3n) is 4.05. The molecule has 2 aliphatic carbocycles. The van der Waals surface area contributed by atoms with Crippen LogP contribution < -0.4 is 11.1 Å². The number of carbonyl (C=O) groups is 1. The molecule has 2 aliphatic rings. The number of carbonyl (C=O) groups excluding carboxylic acids is 1. The molecule has 4 nitrogen and oxygen atoms in total. The van der Waals surface area contributed by atoms with E-state index in [2.05, 4.69) is 5.32 Å². The zero-order valence-corrected chi connectivity index (χ0v) is 11.1. The van der Waals surface area contributed by atoms with Crippen molar-refractivity contribution >= 4 is 6.09 Å². The van der Waals surface area contributed by atoms with Crippen LogP contribution in [0, 0.1) is 5.92 Å². The highest BCUT2D eigenvalue weighted by Gasteiger charge is 2.50. The molecule has 0 aromatic rings. The van der Waals surface area contributed by atoms with Gasteiger partial charge in [-0.15, -0.1) is 0 Å². The summed E-state index contributed by atoms with van der Waals surface area (Å²) < 4.78 is 5.33. The first-order valence-corrected chi connectivity index (χ1v) is 6.59. The summed E-state index contributed by atoms with van der Waals surface area (Å²) in [5.41, 5.74) is 5.61. The van der Waals surface area contributed by atoms with Crippen molar-refractivity contribution in [2.45, 2.75) is 70.1 Å². The third kappa shape index (κ3) is 2.57. The lowest BCUT2D eigenvalue weighted by Crippen LogP contribution is -2.60. The molecule has 3 N–H and O–H groups in total. The molecule has 0 spiro atoms. The lowest BCUT2D eigenvalue weighted by Gasteiger charge is -2.40. The Labute approximate surface area is 103 Å². The van der Waals surface area contributed by atoms with E-state index in [4.69, 9.17) is 10.5 Å². The summed E-state index contributed by atoms with van der Waals surface area (Å²) in [6.45, 7) is 5.63. The Morgan fingerprint density at radius 2 is 2.06 bits per heavy atom. The van der Waals surface area contributed by atoms with Crippen molar-refractivity contribution in [1.29, 1.82) is 0 Å². The average molecular weight is 240 g/mol. The van der Waals surface area contributed by atoms with Crippen LogP contribution in [0.5, 0.6) is 0 Å². The number of ether oxygens (including phenoxy) is 1. The Kier molecular flexibility index (Phi) is 3.10. The molecule has 0 saturated heterocycles. The van der Waals surface area contributed by atoms with Crippen molar-refractivity contribution in [3.05, 3.63) is 0 Å². The first-order chi connectivity index (χ1) is 7.82. The molecule has 2 bridgehead atoms. The quantitative estimate of drug-likeness (QED) is 0.738. The summed E-state index contributed by atoms with van der Waals surface area (Å²) >= 11 is 0. The van der Waals surface area contributed by atoms with E-state index >= 15 is 0 Å². The SMILES string of the molecule is CC(C)(C)OC(=O)N[C@@]12CCC[C@@H](CC1)[C@H]2N. The minimum atomic E-state index is -0.447. The van der Waals surface area contributed by atoms with Gasteiger partial charge in [-0.05, 0) is 52.4 Å². The smallest absolute Gasteiger partial charge is 0.408 e. The maximum Gasteiger partial charge on any atom is 0.408 e. The van der Waals surface area contributed by atoms with E-state index < -0.39 is 5.60 Å². The summed E-state index contributed by atoms with van der Waals surface area (Å²) in [4.78, 5) is 11.9. The van der Waals surface area contributed by atoms with Gasteiger partial charge in [-0.3, -0.25) is 0 Å². The first-order valence-electron chi connectivity index (χ1n) is 6.59. The summed E-state index contributed by atoms with van der Waals surface area (Å²) in [5, 5.41) is 3.04. The van der Waals surface area contributed by atoms with Crippen LogP contribution in [0.2, 0.25) is 0 Å². The first kappa shape index (κ1) is 12.7.